The molecule has 0 radical (unpaired) electrons. The molecule has 14 aromatic carbocycles. The second-order valence-corrected chi connectivity index (χ2v) is 24.6. The third kappa shape index (κ3) is 7.20. The van der Waals surface area contributed by atoms with Gasteiger partial charge in [0.1, 0.15) is 0 Å². The summed E-state index contributed by atoms with van der Waals surface area (Å²) in [4.78, 5) is 0. The highest BCUT2D eigenvalue weighted by molar-refractivity contribution is 6.20. The molecule has 0 amide bonds. The summed E-state index contributed by atoms with van der Waals surface area (Å²) in [6.45, 7) is 0. The van der Waals surface area contributed by atoms with Crippen LogP contribution < -0.4 is 0 Å². The maximum absolute atomic E-state index is 16.2. The Hall–Kier alpha value is -12.3. The lowest BCUT2D eigenvalue weighted by Gasteiger charge is -2.32. The van der Waals surface area contributed by atoms with Gasteiger partial charge in [-0.1, -0.05) is 212 Å². The van der Waals surface area contributed by atoms with Gasteiger partial charge in [0.2, 0.25) is 0 Å². The lowest BCUT2D eigenvalue weighted by molar-refractivity contribution is -0.137. The third-order valence-electron chi connectivity index (χ3n) is 19.8. The van der Waals surface area contributed by atoms with E-state index in [0.717, 1.165) is 143 Å². The molecule has 20 rings (SSSR count). The van der Waals surface area contributed by atoms with Crippen LogP contribution in [0.4, 0.5) is 13.2 Å². The Bertz CT molecular complexity index is 6100. The van der Waals surface area contributed by atoms with Crippen molar-refractivity contribution in [3.63, 3.8) is 0 Å². The number of halogens is 3. The highest BCUT2D eigenvalue weighted by atomic mass is 19.4. The van der Waals surface area contributed by atoms with Gasteiger partial charge in [0.05, 0.1) is 100 Å². The van der Waals surface area contributed by atoms with Gasteiger partial charge in [0.15, 0.2) is 0 Å². The van der Waals surface area contributed by atoms with Crippen molar-refractivity contribution < 1.29 is 13.2 Å². The smallest absolute Gasteiger partial charge is 0.309 e. The van der Waals surface area contributed by atoms with Gasteiger partial charge in [-0.3, -0.25) is 0 Å². The van der Waals surface area contributed by atoms with Crippen LogP contribution in [-0.2, 0) is 6.18 Å². The number of hydrogen-bond donors (Lipinski definition) is 0. The summed E-state index contributed by atoms with van der Waals surface area (Å²) < 4.78 is 62.9. The fourth-order valence-corrected chi connectivity index (χ4v) is 16.1. The first kappa shape index (κ1) is 52.4. The average Bonchev–Trinajstić information content (AvgIpc) is 1.64. The molecular formula is C85H51F3N6. The second-order valence-electron chi connectivity index (χ2n) is 24.6. The molecule has 0 N–H and O–H groups in total. The van der Waals surface area contributed by atoms with Gasteiger partial charge in [-0.2, -0.15) is 13.2 Å². The van der Waals surface area contributed by atoms with Crippen LogP contribution in [0, 0.1) is 0 Å². The number of hydrogen-bond acceptors (Lipinski definition) is 0. The van der Waals surface area contributed by atoms with Gasteiger partial charge < -0.3 is 27.4 Å². The predicted molar refractivity (Wildman–Crippen MR) is 383 cm³/mol. The fraction of sp³-hybridized carbons (Fsp3) is 0.0118. The first-order valence-corrected chi connectivity index (χ1v) is 31.8. The van der Waals surface area contributed by atoms with Crippen LogP contribution in [-0.4, -0.2) is 27.4 Å². The summed E-state index contributed by atoms with van der Waals surface area (Å²) >= 11 is 0. The largest absolute Gasteiger partial charge is 0.416 e. The molecule has 6 heterocycles. The number of rotatable bonds is 7. The molecule has 442 valence electrons. The first-order valence-electron chi connectivity index (χ1n) is 31.8. The molecule has 0 fully saturated rings. The maximum Gasteiger partial charge on any atom is 0.416 e. The van der Waals surface area contributed by atoms with E-state index in [9.17, 15) is 0 Å². The van der Waals surface area contributed by atoms with Crippen molar-refractivity contribution in [3.05, 3.63) is 315 Å². The van der Waals surface area contributed by atoms with Crippen LogP contribution in [0.5, 0.6) is 0 Å². The summed E-state index contributed by atoms with van der Waals surface area (Å²) in [7, 11) is 0. The summed E-state index contributed by atoms with van der Waals surface area (Å²) in [5.41, 5.74) is 16.3. The van der Waals surface area contributed by atoms with Crippen molar-refractivity contribution in [2.45, 2.75) is 6.18 Å². The molecule has 9 heteroatoms. The van der Waals surface area contributed by atoms with Crippen LogP contribution in [0.25, 0.3) is 176 Å². The third-order valence-corrected chi connectivity index (χ3v) is 19.8. The Labute approximate surface area is 534 Å². The zero-order valence-electron chi connectivity index (χ0n) is 50.3. The highest BCUT2D eigenvalue weighted by Gasteiger charge is 2.38. The standard InChI is InChI=1S/C85H51F3N6/c86-85(87,88)53-25-23-24-52(50-53)79-80(90-69-39-14-3-28-57(69)58-29-4-15-40-70(58)90)82(92-73-43-18-7-32-61(73)62-33-8-19-44-74(62)92)84(94-77-47-22-11-36-65(77)66-51-54(48-49-78(66)94)89-67-37-12-1-26-55(67)56-27-2-13-38-68(56)89)83(93-75-45-20-9-34-63(75)64-35-10-21-46-76(64)93)81(79)91-71-41-16-5-30-59(71)60-31-6-17-42-72(60)91/h1-51H. The Kier molecular flexibility index (Phi) is 10.9. The van der Waals surface area contributed by atoms with Crippen LogP contribution in [0.2, 0.25) is 0 Å². The molecule has 94 heavy (non-hydrogen) atoms. The molecule has 0 aliphatic carbocycles. The number of para-hydroxylation sites is 11. The molecule has 0 aliphatic rings. The van der Waals surface area contributed by atoms with Crippen molar-refractivity contribution in [2.75, 3.05) is 0 Å². The van der Waals surface area contributed by atoms with Crippen molar-refractivity contribution >= 4 is 131 Å². The molecule has 0 bridgehead atoms. The molecule has 0 unspecified atom stereocenters. The number of fused-ring (bicyclic) bond motifs is 18. The predicted octanol–water partition coefficient (Wildman–Crippen LogP) is 23.0. The summed E-state index contributed by atoms with van der Waals surface area (Å²) in [6.07, 6.45) is -4.71. The molecule has 0 atom stereocenters. The van der Waals surface area contributed by atoms with E-state index < -0.39 is 11.7 Å². The molecule has 0 saturated carbocycles. The molecule has 0 aliphatic heterocycles. The monoisotopic (exact) mass is 1210 g/mol. The van der Waals surface area contributed by atoms with E-state index in [0.29, 0.717) is 22.5 Å². The van der Waals surface area contributed by atoms with Gasteiger partial charge in [-0.25, -0.2) is 0 Å². The van der Waals surface area contributed by atoms with E-state index in [4.69, 9.17) is 0 Å². The minimum Gasteiger partial charge on any atom is -0.309 e. The molecular weight excluding hydrogens is 1160 g/mol. The summed E-state index contributed by atoms with van der Waals surface area (Å²) in [6, 6.07) is 107. The van der Waals surface area contributed by atoms with E-state index in [1.165, 1.54) is 22.9 Å². The van der Waals surface area contributed by atoms with Crippen molar-refractivity contribution in [1.29, 1.82) is 0 Å². The van der Waals surface area contributed by atoms with Gasteiger partial charge in [0, 0.05) is 75.9 Å². The molecule has 6 aromatic heterocycles. The van der Waals surface area contributed by atoms with Gasteiger partial charge in [0.25, 0.3) is 0 Å². The Morgan fingerprint density at radius 3 is 0.713 bits per heavy atom. The summed E-state index contributed by atoms with van der Waals surface area (Å²) in [5.74, 6) is 0. The number of aromatic nitrogens is 6. The number of nitrogens with zero attached hydrogens (tertiary/aromatic N) is 6. The lowest BCUT2D eigenvalue weighted by Crippen LogP contribution is -2.18. The van der Waals surface area contributed by atoms with E-state index in [1.807, 2.05) is 6.07 Å². The number of alkyl halides is 3. The lowest BCUT2D eigenvalue weighted by atomic mass is 9.93. The number of benzene rings is 14. The Morgan fingerprint density at radius 1 is 0.191 bits per heavy atom. The fourth-order valence-electron chi connectivity index (χ4n) is 16.1. The Balaban J connectivity index is 1.13. The van der Waals surface area contributed by atoms with E-state index in [-0.39, 0.29) is 0 Å². The van der Waals surface area contributed by atoms with Gasteiger partial charge >= 0.3 is 6.18 Å². The van der Waals surface area contributed by atoms with Crippen molar-refractivity contribution in [1.82, 2.24) is 27.4 Å². The van der Waals surface area contributed by atoms with Crippen molar-refractivity contribution in [2.24, 2.45) is 0 Å². The topological polar surface area (TPSA) is 29.6 Å². The van der Waals surface area contributed by atoms with Crippen LogP contribution in [0.1, 0.15) is 5.56 Å². The van der Waals surface area contributed by atoms with E-state index in [1.54, 1.807) is 6.07 Å². The minimum absolute atomic E-state index is 0.386. The van der Waals surface area contributed by atoms with E-state index >= 15 is 13.2 Å². The van der Waals surface area contributed by atoms with E-state index in [2.05, 4.69) is 313 Å². The average molecular weight is 1210 g/mol. The summed E-state index contributed by atoms with van der Waals surface area (Å²) in [5, 5.41) is 12.5. The van der Waals surface area contributed by atoms with Crippen LogP contribution >= 0.6 is 0 Å². The molecule has 0 spiro atoms. The highest BCUT2D eigenvalue weighted by Crippen LogP contribution is 2.55. The van der Waals surface area contributed by atoms with Gasteiger partial charge in [-0.15, -0.1) is 0 Å². The van der Waals surface area contributed by atoms with Crippen LogP contribution in [0.15, 0.2) is 309 Å². The molecule has 20 aromatic rings. The normalized spacial score (nSPS) is 12.4. The SMILES string of the molecule is FC(F)(F)c1cccc(-c2c(-n3c4ccccc4c4ccccc43)c(-n3c4ccccc4c4ccccc43)c(-n3c4ccccc4c4cc(-n5c6ccccc6c6ccccc65)ccc43)c(-n3c4ccccc4c4ccccc43)c2-n2c3ccccc3c3ccccc32)c1. The zero-order chi connectivity index (χ0) is 62.1. The van der Waals surface area contributed by atoms with Crippen molar-refractivity contribution in [3.8, 4) is 45.3 Å². The van der Waals surface area contributed by atoms with Gasteiger partial charge in [-0.05, 0) is 103 Å². The minimum atomic E-state index is -4.71. The molecule has 6 nitrogen and oxygen atoms in total. The first-order chi connectivity index (χ1) is 46.4. The second kappa shape index (κ2) is 19.6. The quantitative estimate of drug-likeness (QED) is 0.152. The maximum atomic E-state index is 16.2. The van der Waals surface area contributed by atoms with Crippen LogP contribution in [0.3, 0.4) is 0 Å². The Morgan fingerprint density at radius 2 is 0.426 bits per heavy atom. The molecule has 0 saturated heterocycles. The zero-order valence-corrected chi connectivity index (χ0v) is 50.3.